The molecule has 5 nitrogen and oxygen atoms in total. The quantitative estimate of drug-likeness (QED) is 0.833. The molecule has 0 spiro atoms. The maximum Gasteiger partial charge on any atom is 0.0909 e. The Morgan fingerprint density at radius 1 is 1.35 bits per heavy atom. The van der Waals surface area contributed by atoms with Crippen molar-refractivity contribution in [2.75, 3.05) is 32.7 Å². The van der Waals surface area contributed by atoms with Crippen molar-refractivity contribution in [2.24, 2.45) is 5.92 Å². The Labute approximate surface area is 121 Å². The van der Waals surface area contributed by atoms with E-state index in [4.69, 9.17) is 0 Å². The van der Waals surface area contributed by atoms with E-state index in [2.05, 4.69) is 15.3 Å². The minimum Gasteiger partial charge on any atom is -0.387 e. The normalized spacial score (nSPS) is 29.1. The van der Waals surface area contributed by atoms with Gasteiger partial charge in [-0.3, -0.25) is 4.68 Å². The van der Waals surface area contributed by atoms with Gasteiger partial charge in [0, 0.05) is 32.0 Å². The minimum atomic E-state index is -0.484. The summed E-state index contributed by atoms with van der Waals surface area (Å²) in [4.78, 5) is 2.44. The molecule has 0 radical (unpaired) electrons. The van der Waals surface area contributed by atoms with E-state index in [1.54, 1.807) is 0 Å². The summed E-state index contributed by atoms with van der Waals surface area (Å²) in [7, 11) is 0. The van der Waals surface area contributed by atoms with Crippen LogP contribution in [0.1, 0.15) is 25.7 Å². The molecule has 2 N–H and O–H groups in total. The standard InChI is InChI=1S/C15H26N4O/c20-15(5-7-16-12-15)13-18-9-2-14(3-10-18)4-11-19-8-1-6-17-19/h1,6,8,14,16,20H,2-5,7,9-13H2/t15-/m0/s1. The van der Waals surface area contributed by atoms with Gasteiger partial charge in [0.05, 0.1) is 5.60 Å². The first-order chi connectivity index (χ1) is 9.73. The highest BCUT2D eigenvalue weighted by Gasteiger charge is 2.34. The SMILES string of the molecule is O[C@@]1(CN2CCC(CCn3cccn3)CC2)CCNC1. The van der Waals surface area contributed by atoms with Crippen LogP contribution in [0.15, 0.2) is 18.5 Å². The van der Waals surface area contributed by atoms with Crippen LogP contribution in [0, 0.1) is 5.92 Å². The van der Waals surface area contributed by atoms with Crippen molar-refractivity contribution in [2.45, 2.75) is 37.8 Å². The Kier molecular flexibility index (Phi) is 4.38. The summed E-state index contributed by atoms with van der Waals surface area (Å²) in [6, 6.07) is 1.99. The second-order valence-corrected chi connectivity index (χ2v) is 6.43. The molecule has 0 saturated carbocycles. The van der Waals surface area contributed by atoms with Crippen LogP contribution in [0.4, 0.5) is 0 Å². The van der Waals surface area contributed by atoms with E-state index < -0.39 is 5.60 Å². The molecule has 1 aromatic heterocycles. The van der Waals surface area contributed by atoms with E-state index >= 15 is 0 Å². The second kappa shape index (κ2) is 6.24. The van der Waals surface area contributed by atoms with Gasteiger partial charge >= 0.3 is 0 Å². The smallest absolute Gasteiger partial charge is 0.0909 e. The van der Waals surface area contributed by atoms with Crippen LogP contribution in [-0.4, -0.2) is 58.1 Å². The van der Waals surface area contributed by atoms with Gasteiger partial charge in [-0.15, -0.1) is 0 Å². The maximum absolute atomic E-state index is 10.4. The van der Waals surface area contributed by atoms with Crippen molar-refractivity contribution in [1.82, 2.24) is 20.0 Å². The summed E-state index contributed by atoms with van der Waals surface area (Å²) >= 11 is 0. The largest absolute Gasteiger partial charge is 0.387 e. The summed E-state index contributed by atoms with van der Waals surface area (Å²) in [5, 5.41) is 17.9. The molecule has 1 aromatic rings. The minimum absolute atomic E-state index is 0.484. The maximum atomic E-state index is 10.4. The van der Waals surface area contributed by atoms with Gasteiger partial charge in [-0.05, 0) is 57.3 Å². The van der Waals surface area contributed by atoms with Crippen LogP contribution < -0.4 is 5.32 Å². The first-order valence-corrected chi connectivity index (χ1v) is 7.86. The Balaban J connectivity index is 1.38. The van der Waals surface area contributed by atoms with Gasteiger partial charge in [0.15, 0.2) is 0 Å². The topological polar surface area (TPSA) is 53.3 Å². The van der Waals surface area contributed by atoms with Gasteiger partial charge in [-0.2, -0.15) is 5.10 Å². The predicted molar refractivity (Wildman–Crippen MR) is 78.4 cm³/mol. The molecular weight excluding hydrogens is 252 g/mol. The Morgan fingerprint density at radius 2 is 2.20 bits per heavy atom. The molecule has 0 unspecified atom stereocenters. The zero-order chi connectivity index (χ0) is 13.8. The van der Waals surface area contributed by atoms with Crippen molar-refractivity contribution in [1.29, 1.82) is 0 Å². The number of hydrogen-bond acceptors (Lipinski definition) is 4. The van der Waals surface area contributed by atoms with Gasteiger partial charge in [-0.25, -0.2) is 0 Å². The van der Waals surface area contributed by atoms with Crippen molar-refractivity contribution in [3.63, 3.8) is 0 Å². The number of aliphatic hydroxyl groups is 1. The summed E-state index contributed by atoms with van der Waals surface area (Å²) < 4.78 is 2.03. The van der Waals surface area contributed by atoms with Crippen LogP contribution in [-0.2, 0) is 6.54 Å². The molecule has 20 heavy (non-hydrogen) atoms. The number of nitrogens with zero attached hydrogens (tertiary/aromatic N) is 3. The molecule has 2 fully saturated rings. The molecule has 0 aromatic carbocycles. The third kappa shape index (κ3) is 3.59. The number of rotatable bonds is 5. The molecular formula is C15H26N4O. The fourth-order valence-electron chi connectivity index (χ4n) is 3.46. The van der Waals surface area contributed by atoms with E-state index in [0.717, 1.165) is 51.6 Å². The molecule has 112 valence electrons. The molecule has 2 aliphatic heterocycles. The van der Waals surface area contributed by atoms with Crippen LogP contribution in [0.3, 0.4) is 0 Å². The summed E-state index contributed by atoms with van der Waals surface area (Å²) in [5.74, 6) is 0.812. The van der Waals surface area contributed by atoms with Crippen molar-refractivity contribution >= 4 is 0 Å². The lowest BCUT2D eigenvalue weighted by molar-refractivity contribution is 0.00999. The molecule has 3 heterocycles. The lowest BCUT2D eigenvalue weighted by Gasteiger charge is -2.36. The third-order valence-electron chi connectivity index (χ3n) is 4.77. The van der Waals surface area contributed by atoms with Gasteiger partial charge < -0.3 is 15.3 Å². The lowest BCUT2D eigenvalue weighted by atomic mass is 9.92. The Bertz CT molecular complexity index is 392. The third-order valence-corrected chi connectivity index (χ3v) is 4.77. The molecule has 3 rings (SSSR count). The summed E-state index contributed by atoms with van der Waals surface area (Å²) in [6.45, 7) is 5.85. The number of piperidine rings is 1. The molecule has 0 aliphatic carbocycles. The van der Waals surface area contributed by atoms with E-state index in [1.807, 2.05) is 23.1 Å². The number of hydrogen-bond donors (Lipinski definition) is 2. The average molecular weight is 278 g/mol. The number of aromatic nitrogens is 2. The molecule has 2 aliphatic rings. The summed E-state index contributed by atoms with van der Waals surface area (Å²) in [5.41, 5.74) is -0.484. The van der Waals surface area contributed by atoms with Crippen molar-refractivity contribution in [3.05, 3.63) is 18.5 Å². The van der Waals surface area contributed by atoms with Crippen LogP contribution in [0.25, 0.3) is 0 Å². The van der Waals surface area contributed by atoms with Crippen molar-refractivity contribution < 1.29 is 5.11 Å². The molecule has 0 amide bonds. The molecule has 0 bridgehead atoms. The van der Waals surface area contributed by atoms with Crippen LogP contribution in [0.5, 0.6) is 0 Å². The van der Waals surface area contributed by atoms with Gasteiger partial charge in [-0.1, -0.05) is 0 Å². The number of aryl methyl sites for hydroxylation is 1. The van der Waals surface area contributed by atoms with E-state index in [9.17, 15) is 5.11 Å². The monoisotopic (exact) mass is 278 g/mol. The highest BCUT2D eigenvalue weighted by molar-refractivity contribution is 4.91. The first-order valence-electron chi connectivity index (χ1n) is 7.86. The molecule has 5 heteroatoms. The van der Waals surface area contributed by atoms with Gasteiger partial charge in [0.1, 0.15) is 0 Å². The first kappa shape index (κ1) is 14.0. The Morgan fingerprint density at radius 3 is 2.85 bits per heavy atom. The zero-order valence-corrected chi connectivity index (χ0v) is 12.2. The molecule has 2 saturated heterocycles. The summed E-state index contributed by atoms with van der Waals surface area (Å²) in [6.07, 6.45) is 8.51. The number of nitrogens with one attached hydrogen (secondary N) is 1. The highest BCUT2D eigenvalue weighted by atomic mass is 16.3. The zero-order valence-electron chi connectivity index (χ0n) is 12.2. The average Bonchev–Trinajstić information content (AvgIpc) is 3.10. The lowest BCUT2D eigenvalue weighted by Crippen LogP contribution is -2.47. The van der Waals surface area contributed by atoms with E-state index in [1.165, 1.54) is 19.3 Å². The molecule has 1 atom stereocenters. The van der Waals surface area contributed by atoms with Crippen LogP contribution in [0.2, 0.25) is 0 Å². The second-order valence-electron chi connectivity index (χ2n) is 6.43. The number of β-amino-alcohol motifs (C(OH)–C–C–N with tert-alkyl or cyclic N) is 1. The highest BCUT2D eigenvalue weighted by Crippen LogP contribution is 2.24. The van der Waals surface area contributed by atoms with E-state index in [-0.39, 0.29) is 0 Å². The van der Waals surface area contributed by atoms with Crippen LogP contribution >= 0.6 is 0 Å². The number of likely N-dealkylation sites (tertiary alicyclic amines) is 1. The fourth-order valence-corrected chi connectivity index (χ4v) is 3.46. The predicted octanol–water partition coefficient (Wildman–Crippen LogP) is 0.710. The van der Waals surface area contributed by atoms with Gasteiger partial charge in [0.25, 0.3) is 0 Å². The van der Waals surface area contributed by atoms with E-state index in [0.29, 0.717) is 0 Å². The van der Waals surface area contributed by atoms with Gasteiger partial charge in [0.2, 0.25) is 0 Å². The fraction of sp³-hybridized carbons (Fsp3) is 0.800. The van der Waals surface area contributed by atoms with Crippen molar-refractivity contribution in [3.8, 4) is 0 Å². The Hall–Kier alpha value is -0.910.